The molecule has 0 atom stereocenters. The third kappa shape index (κ3) is 2.23. The van der Waals surface area contributed by atoms with Crippen LogP contribution in [0.4, 0.5) is 5.69 Å². The first kappa shape index (κ1) is 10.1. The van der Waals surface area contributed by atoms with E-state index in [4.69, 9.17) is 16.1 Å². The fraction of sp³-hybridized carbons (Fsp3) is 0.200. The molecule has 0 aliphatic heterocycles. The second-order valence-electron chi connectivity index (χ2n) is 2.88. The van der Waals surface area contributed by atoms with Crippen molar-refractivity contribution in [2.75, 3.05) is 5.73 Å². The number of aryl methyl sites for hydroxylation is 1. The highest BCUT2D eigenvalue weighted by Crippen LogP contribution is 2.17. The predicted molar refractivity (Wildman–Crippen MR) is 51.5 cm³/mol. The molecule has 0 heterocycles. The van der Waals surface area contributed by atoms with Crippen LogP contribution in [0.3, 0.4) is 0 Å². The molecule has 0 aliphatic rings. The molecule has 1 aromatic rings. The number of hydrogen-bond acceptors (Lipinski definition) is 3. The number of carboxylic acids is 1. The first-order valence-electron chi connectivity index (χ1n) is 4.14. The maximum Gasteiger partial charge on any atom is 0.303 e. The zero-order chi connectivity index (χ0) is 10.6. The number of carbonyl (C=O) groups is 1. The number of rotatable bonds is 3. The molecule has 1 rings (SSSR count). The monoisotopic (exact) mass is 190 g/mol. The molecule has 0 unspecified atom stereocenters. The van der Waals surface area contributed by atoms with Crippen molar-refractivity contribution in [3.63, 3.8) is 0 Å². The first-order valence-corrected chi connectivity index (χ1v) is 4.14. The summed E-state index contributed by atoms with van der Waals surface area (Å²) < 4.78 is 0. The van der Waals surface area contributed by atoms with Gasteiger partial charge in [0.1, 0.15) is 6.07 Å². The number of carboxylic acid groups (broad SMARTS) is 1. The fourth-order valence-corrected chi connectivity index (χ4v) is 1.17. The molecular weight excluding hydrogens is 180 g/mol. The van der Waals surface area contributed by atoms with Crippen molar-refractivity contribution in [2.24, 2.45) is 0 Å². The van der Waals surface area contributed by atoms with Gasteiger partial charge < -0.3 is 10.8 Å². The highest BCUT2D eigenvalue weighted by molar-refractivity contribution is 5.68. The van der Waals surface area contributed by atoms with Crippen molar-refractivity contribution < 1.29 is 9.90 Å². The van der Waals surface area contributed by atoms with Gasteiger partial charge in [0.2, 0.25) is 0 Å². The van der Waals surface area contributed by atoms with Crippen LogP contribution >= 0.6 is 0 Å². The number of aliphatic carboxylic acids is 1. The van der Waals surface area contributed by atoms with E-state index >= 15 is 0 Å². The average Bonchev–Trinajstić information content (AvgIpc) is 2.16. The Bertz CT molecular complexity index is 394. The quantitative estimate of drug-likeness (QED) is 0.700. The summed E-state index contributed by atoms with van der Waals surface area (Å²) >= 11 is 0. The molecule has 0 saturated heterocycles. The van der Waals surface area contributed by atoms with Crippen molar-refractivity contribution in [2.45, 2.75) is 12.8 Å². The second kappa shape index (κ2) is 4.28. The normalized spacial score (nSPS) is 9.36. The van der Waals surface area contributed by atoms with Crippen molar-refractivity contribution in [3.8, 4) is 6.07 Å². The van der Waals surface area contributed by atoms with E-state index in [0.29, 0.717) is 23.2 Å². The van der Waals surface area contributed by atoms with Crippen molar-refractivity contribution in [1.82, 2.24) is 0 Å². The summed E-state index contributed by atoms with van der Waals surface area (Å²) in [6.07, 6.45) is 0.385. The van der Waals surface area contributed by atoms with Crippen LogP contribution in [-0.4, -0.2) is 11.1 Å². The van der Waals surface area contributed by atoms with E-state index in [2.05, 4.69) is 0 Å². The summed E-state index contributed by atoms with van der Waals surface area (Å²) in [6.45, 7) is 0. The number of benzene rings is 1. The number of nitrogen functional groups attached to an aromatic ring is 1. The van der Waals surface area contributed by atoms with Gasteiger partial charge in [0.15, 0.2) is 0 Å². The zero-order valence-corrected chi connectivity index (χ0v) is 7.53. The van der Waals surface area contributed by atoms with Gasteiger partial charge in [-0.1, -0.05) is 12.1 Å². The lowest BCUT2D eigenvalue weighted by atomic mass is 10.0. The highest BCUT2D eigenvalue weighted by atomic mass is 16.4. The molecule has 0 aliphatic carbocycles. The van der Waals surface area contributed by atoms with E-state index in [-0.39, 0.29) is 6.42 Å². The van der Waals surface area contributed by atoms with Crippen LogP contribution in [0.25, 0.3) is 0 Å². The van der Waals surface area contributed by atoms with E-state index in [9.17, 15) is 4.79 Å². The van der Waals surface area contributed by atoms with Gasteiger partial charge >= 0.3 is 5.97 Å². The van der Waals surface area contributed by atoms with E-state index in [1.807, 2.05) is 6.07 Å². The summed E-state index contributed by atoms with van der Waals surface area (Å²) in [4.78, 5) is 10.3. The standard InChI is InChI=1S/C10H10N2O2/c11-6-8-3-1-2-7(10(8)12)4-5-9(13)14/h1-3H,4-5,12H2,(H,13,14). The van der Waals surface area contributed by atoms with Crippen LogP contribution in [0, 0.1) is 11.3 Å². The minimum Gasteiger partial charge on any atom is -0.481 e. The summed E-state index contributed by atoms with van der Waals surface area (Å²) in [7, 11) is 0. The minimum atomic E-state index is -0.869. The van der Waals surface area contributed by atoms with Gasteiger partial charge in [0.25, 0.3) is 0 Å². The molecule has 0 fully saturated rings. The fourth-order valence-electron chi connectivity index (χ4n) is 1.17. The first-order chi connectivity index (χ1) is 6.65. The van der Waals surface area contributed by atoms with Crippen molar-refractivity contribution in [1.29, 1.82) is 5.26 Å². The maximum atomic E-state index is 10.3. The lowest BCUT2D eigenvalue weighted by Crippen LogP contribution is -2.02. The highest BCUT2D eigenvalue weighted by Gasteiger charge is 2.05. The van der Waals surface area contributed by atoms with E-state index in [1.54, 1.807) is 18.2 Å². The molecule has 0 radical (unpaired) electrons. The molecule has 14 heavy (non-hydrogen) atoms. The molecule has 0 spiro atoms. The Morgan fingerprint density at radius 1 is 1.57 bits per heavy atom. The van der Waals surface area contributed by atoms with Gasteiger partial charge in [-0.15, -0.1) is 0 Å². The Morgan fingerprint density at radius 2 is 2.29 bits per heavy atom. The van der Waals surface area contributed by atoms with E-state index in [1.165, 1.54) is 0 Å². The summed E-state index contributed by atoms with van der Waals surface area (Å²) in [5.41, 5.74) is 7.16. The molecule has 3 N–H and O–H groups in total. The van der Waals surface area contributed by atoms with Crippen LogP contribution in [-0.2, 0) is 11.2 Å². The largest absolute Gasteiger partial charge is 0.481 e. The van der Waals surface area contributed by atoms with Crippen LogP contribution in [0.1, 0.15) is 17.5 Å². The van der Waals surface area contributed by atoms with Gasteiger partial charge in [0.05, 0.1) is 11.3 Å². The molecular formula is C10H10N2O2. The molecule has 1 aromatic carbocycles. The second-order valence-corrected chi connectivity index (χ2v) is 2.88. The van der Waals surface area contributed by atoms with Crippen LogP contribution in [0.15, 0.2) is 18.2 Å². The van der Waals surface area contributed by atoms with Gasteiger partial charge in [-0.2, -0.15) is 5.26 Å². The van der Waals surface area contributed by atoms with E-state index < -0.39 is 5.97 Å². The summed E-state index contributed by atoms with van der Waals surface area (Å²) in [5, 5.41) is 17.2. The number of nitriles is 1. The summed E-state index contributed by atoms with van der Waals surface area (Å²) in [5.74, 6) is -0.869. The molecule has 0 amide bonds. The minimum absolute atomic E-state index is 0.0269. The third-order valence-electron chi connectivity index (χ3n) is 1.93. The Labute approximate surface area is 81.6 Å². The molecule has 0 saturated carbocycles. The molecule has 0 aromatic heterocycles. The zero-order valence-electron chi connectivity index (χ0n) is 7.53. The number of hydrogen-bond donors (Lipinski definition) is 2. The Morgan fingerprint density at radius 3 is 2.86 bits per heavy atom. The number of nitrogens with zero attached hydrogens (tertiary/aromatic N) is 1. The van der Waals surface area contributed by atoms with Crippen LogP contribution in [0.2, 0.25) is 0 Å². The van der Waals surface area contributed by atoms with Gasteiger partial charge in [-0.05, 0) is 18.1 Å². The molecule has 72 valence electrons. The van der Waals surface area contributed by atoms with E-state index in [0.717, 1.165) is 0 Å². The van der Waals surface area contributed by atoms with Crippen molar-refractivity contribution in [3.05, 3.63) is 29.3 Å². The lowest BCUT2D eigenvalue weighted by molar-refractivity contribution is -0.136. The molecule has 4 heteroatoms. The molecule has 4 nitrogen and oxygen atoms in total. The van der Waals surface area contributed by atoms with Crippen LogP contribution < -0.4 is 5.73 Å². The van der Waals surface area contributed by atoms with Gasteiger partial charge in [-0.25, -0.2) is 0 Å². The lowest BCUT2D eigenvalue weighted by Gasteiger charge is -2.04. The average molecular weight is 190 g/mol. The third-order valence-corrected chi connectivity index (χ3v) is 1.93. The summed E-state index contributed by atoms with van der Waals surface area (Å²) in [6, 6.07) is 7.00. The maximum absolute atomic E-state index is 10.3. The number of anilines is 1. The van der Waals surface area contributed by atoms with Crippen LogP contribution in [0.5, 0.6) is 0 Å². The Balaban J connectivity index is 2.88. The number of para-hydroxylation sites is 1. The Kier molecular flexibility index (Phi) is 3.08. The molecule has 0 bridgehead atoms. The number of nitrogens with two attached hydrogens (primary N) is 1. The Hall–Kier alpha value is -2.02. The topological polar surface area (TPSA) is 87.1 Å². The smallest absolute Gasteiger partial charge is 0.303 e. The van der Waals surface area contributed by atoms with Gasteiger partial charge in [-0.3, -0.25) is 4.79 Å². The van der Waals surface area contributed by atoms with Crippen molar-refractivity contribution >= 4 is 11.7 Å². The SMILES string of the molecule is N#Cc1cccc(CCC(=O)O)c1N. The predicted octanol–water partition coefficient (Wildman–Crippen LogP) is 1.16. The van der Waals surface area contributed by atoms with Gasteiger partial charge in [0, 0.05) is 6.42 Å².